The van der Waals surface area contributed by atoms with Crippen molar-refractivity contribution < 1.29 is 14.7 Å². The highest BCUT2D eigenvalue weighted by Crippen LogP contribution is 2.41. The van der Waals surface area contributed by atoms with E-state index in [1.165, 1.54) is 16.1 Å². The lowest BCUT2D eigenvalue weighted by Crippen LogP contribution is -2.46. The van der Waals surface area contributed by atoms with Crippen LogP contribution in [0, 0.1) is 11.8 Å². The second-order valence-electron chi connectivity index (χ2n) is 6.52. The van der Waals surface area contributed by atoms with E-state index in [1.807, 2.05) is 6.07 Å². The summed E-state index contributed by atoms with van der Waals surface area (Å²) in [4.78, 5) is 17.1. The average molecular weight is 315 g/mol. The molecule has 2 heterocycles. The molecule has 0 aromatic heterocycles. The van der Waals surface area contributed by atoms with Gasteiger partial charge in [-0.25, -0.2) is 15.2 Å². The third kappa shape index (κ3) is 2.68. The number of carboxylic acid groups (broad SMARTS) is 1. The quantitative estimate of drug-likeness (QED) is 0.777. The van der Waals surface area contributed by atoms with Gasteiger partial charge in [-0.05, 0) is 36.3 Å². The molecule has 1 aliphatic carbocycles. The maximum Gasteiger partial charge on any atom is 0.421 e. The lowest BCUT2D eigenvalue weighted by Gasteiger charge is -2.37. The minimum absolute atomic E-state index is 0.0939. The summed E-state index contributed by atoms with van der Waals surface area (Å²) < 4.78 is 0. The van der Waals surface area contributed by atoms with Gasteiger partial charge >= 0.3 is 6.09 Å². The zero-order chi connectivity index (χ0) is 15.8. The highest BCUT2D eigenvalue weighted by atomic mass is 16.6. The number of benzene rings is 1. The molecule has 122 valence electrons. The largest absolute Gasteiger partial charge is 0.464 e. The van der Waals surface area contributed by atoms with E-state index < -0.39 is 6.09 Å². The smallest absolute Gasteiger partial charge is 0.421 e. The van der Waals surface area contributed by atoms with E-state index in [9.17, 15) is 9.90 Å². The standard InChI is InChI=1S/C17H21N3O3/c21-17(22)20-10-14-15(19-20)13(8-11-4-2-1-3-5-11)9-12-6-7-18-23-16(12)14/h1-5,13-15,18-19H,6-10H2,(H,21,22). The molecular formula is C17H21N3O3. The SMILES string of the molecule is O=C(O)N1CC2C3=C(CCNO3)CC(Cc3ccccc3)C2N1. The minimum atomic E-state index is -0.927. The van der Waals surface area contributed by atoms with Crippen molar-refractivity contribution in [3.8, 4) is 0 Å². The number of hydrazine groups is 1. The number of fused-ring (bicyclic) bond motifs is 2. The van der Waals surface area contributed by atoms with Gasteiger partial charge in [0.15, 0.2) is 0 Å². The maximum atomic E-state index is 11.4. The van der Waals surface area contributed by atoms with E-state index in [1.54, 1.807) is 0 Å². The Hall–Kier alpha value is -2.05. The number of carbonyl (C=O) groups is 1. The van der Waals surface area contributed by atoms with Gasteiger partial charge in [0, 0.05) is 12.6 Å². The van der Waals surface area contributed by atoms with Gasteiger partial charge in [-0.1, -0.05) is 30.3 Å². The second kappa shape index (κ2) is 5.86. The van der Waals surface area contributed by atoms with Crippen LogP contribution in [0.2, 0.25) is 0 Å². The molecule has 2 aliphatic heterocycles. The molecule has 1 fully saturated rings. The Morgan fingerprint density at radius 1 is 1.35 bits per heavy atom. The van der Waals surface area contributed by atoms with Crippen LogP contribution >= 0.6 is 0 Å². The fourth-order valence-electron chi connectivity index (χ4n) is 4.07. The molecule has 3 aliphatic rings. The van der Waals surface area contributed by atoms with E-state index in [0.717, 1.165) is 31.6 Å². The Balaban J connectivity index is 1.62. The van der Waals surface area contributed by atoms with E-state index >= 15 is 0 Å². The number of rotatable bonds is 2. The average Bonchev–Trinajstić information content (AvgIpc) is 3.02. The van der Waals surface area contributed by atoms with Crippen LogP contribution in [0.15, 0.2) is 41.7 Å². The normalized spacial score (nSPS) is 29.7. The molecule has 1 aromatic rings. The molecule has 6 nitrogen and oxygen atoms in total. The molecule has 3 atom stereocenters. The Labute approximate surface area is 135 Å². The third-order valence-electron chi connectivity index (χ3n) is 5.10. The first-order valence-corrected chi connectivity index (χ1v) is 8.14. The number of hydroxylamine groups is 1. The van der Waals surface area contributed by atoms with Crippen molar-refractivity contribution in [1.82, 2.24) is 15.9 Å². The first kappa shape index (κ1) is 14.5. The summed E-state index contributed by atoms with van der Waals surface area (Å²) in [6.45, 7) is 1.27. The van der Waals surface area contributed by atoms with Crippen molar-refractivity contribution >= 4 is 6.09 Å². The summed E-state index contributed by atoms with van der Waals surface area (Å²) in [5.74, 6) is 1.44. The summed E-state index contributed by atoms with van der Waals surface area (Å²) in [7, 11) is 0. The fraction of sp³-hybridized carbons (Fsp3) is 0.471. The Kier molecular flexibility index (Phi) is 3.71. The molecule has 3 N–H and O–H groups in total. The zero-order valence-corrected chi connectivity index (χ0v) is 12.9. The topological polar surface area (TPSA) is 73.8 Å². The lowest BCUT2D eigenvalue weighted by molar-refractivity contribution is 0.0490. The molecule has 1 saturated heterocycles. The van der Waals surface area contributed by atoms with Crippen molar-refractivity contribution in [2.75, 3.05) is 13.1 Å². The predicted molar refractivity (Wildman–Crippen MR) is 84.1 cm³/mol. The van der Waals surface area contributed by atoms with Gasteiger partial charge < -0.3 is 9.94 Å². The van der Waals surface area contributed by atoms with E-state index in [2.05, 4.69) is 35.2 Å². The number of hydrogen-bond acceptors (Lipinski definition) is 4. The molecule has 1 amide bonds. The maximum absolute atomic E-state index is 11.4. The summed E-state index contributed by atoms with van der Waals surface area (Å²) in [5.41, 5.74) is 8.79. The molecule has 6 heteroatoms. The first-order valence-electron chi connectivity index (χ1n) is 8.14. The molecule has 3 unspecified atom stereocenters. The molecule has 0 saturated carbocycles. The van der Waals surface area contributed by atoms with Gasteiger partial charge in [0.2, 0.25) is 0 Å². The van der Waals surface area contributed by atoms with Gasteiger partial charge in [0.05, 0.1) is 12.5 Å². The summed E-state index contributed by atoms with van der Waals surface area (Å²) in [6.07, 6.45) is 1.97. The first-order chi connectivity index (χ1) is 11.2. The summed E-state index contributed by atoms with van der Waals surface area (Å²) >= 11 is 0. The van der Waals surface area contributed by atoms with Crippen LogP contribution in [0.1, 0.15) is 18.4 Å². The van der Waals surface area contributed by atoms with Gasteiger partial charge in [0.25, 0.3) is 0 Å². The molecule has 0 bridgehead atoms. The Bertz CT molecular complexity index is 631. The van der Waals surface area contributed by atoms with E-state index in [0.29, 0.717) is 12.5 Å². The minimum Gasteiger partial charge on any atom is -0.464 e. The van der Waals surface area contributed by atoms with Crippen LogP contribution < -0.4 is 10.9 Å². The molecule has 0 radical (unpaired) electrons. The van der Waals surface area contributed by atoms with Crippen LogP contribution in [0.25, 0.3) is 0 Å². The monoisotopic (exact) mass is 315 g/mol. The molecule has 1 aromatic carbocycles. The Morgan fingerprint density at radius 3 is 2.96 bits per heavy atom. The van der Waals surface area contributed by atoms with Crippen molar-refractivity contribution in [1.29, 1.82) is 0 Å². The van der Waals surface area contributed by atoms with Gasteiger partial charge in [-0.2, -0.15) is 5.48 Å². The van der Waals surface area contributed by atoms with Gasteiger partial charge in [0.1, 0.15) is 5.76 Å². The van der Waals surface area contributed by atoms with E-state index in [4.69, 9.17) is 4.84 Å². The van der Waals surface area contributed by atoms with Crippen LogP contribution in [-0.4, -0.2) is 35.3 Å². The molecule has 23 heavy (non-hydrogen) atoms. The Morgan fingerprint density at radius 2 is 2.17 bits per heavy atom. The lowest BCUT2D eigenvalue weighted by atomic mass is 9.74. The van der Waals surface area contributed by atoms with E-state index in [-0.39, 0.29) is 12.0 Å². The fourth-order valence-corrected chi connectivity index (χ4v) is 4.07. The highest BCUT2D eigenvalue weighted by molar-refractivity contribution is 5.65. The van der Waals surface area contributed by atoms with Gasteiger partial charge in [-0.3, -0.25) is 0 Å². The number of hydrogen-bond donors (Lipinski definition) is 3. The predicted octanol–water partition coefficient (Wildman–Crippen LogP) is 1.91. The highest BCUT2D eigenvalue weighted by Gasteiger charge is 2.47. The third-order valence-corrected chi connectivity index (χ3v) is 5.10. The number of nitrogens with zero attached hydrogens (tertiary/aromatic N) is 1. The van der Waals surface area contributed by atoms with Crippen LogP contribution in [-0.2, 0) is 11.3 Å². The summed E-state index contributed by atoms with van der Waals surface area (Å²) in [5, 5.41) is 10.6. The zero-order valence-electron chi connectivity index (χ0n) is 12.9. The number of nitrogens with one attached hydrogen (secondary N) is 2. The van der Waals surface area contributed by atoms with Crippen LogP contribution in [0.5, 0.6) is 0 Å². The van der Waals surface area contributed by atoms with Crippen molar-refractivity contribution in [3.05, 3.63) is 47.2 Å². The van der Waals surface area contributed by atoms with Crippen LogP contribution in [0.4, 0.5) is 4.79 Å². The van der Waals surface area contributed by atoms with Crippen molar-refractivity contribution in [3.63, 3.8) is 0 Å². The van der Waals surface area contributed by atoms with Crippen molar-refractivity contribution in [2.24, 2.45) is 11.8 Å². The molecule has 4 rings (SSSR count). The van der Waals surface area contributed by atoms with Gasteiger partial charge in [-0.15, -0.1) is 0 Å². The second-order valence-corrected chi connectivity index (χ2v) is 6.52. The van der Waals surface area contributed by atoms with Crippen molar-refractivity contribution in [2.45, 2.75) is 25.3 Å². The number of amides is 1. The van der Waals surface area contributed by atoms with Crippen LogP contribution in [0.3, 0.4) is 0 Å². The summed E-state index contributed by atoms with van der Waals surface area (Å²) in [6, 6.07) is 10.5. The molecular weight excluding hydrogens is 294 g/mol. The molecule has 0 spiro atoms.